The number of aliphatic hydroxyl groups excluding tert-OH is 5. The molecule has 113 heavy (non-hydrogen) atoms. The fraction of sp³-hybridized carbons (Fsp3) is 0.586. The van der Waals surface area contributed by atoms with E-state index >= 15 is 9.59 Å². The Morgan fingerprint density at radius 2 is 1.19 bits per heavy atom. The average molecular weight is 1590 g/mol. The molecule has 622 valence electrons. The minimum atomic E-state index is -2.04. The van der Waals surface area contributed by atoms with Gasteiger partial charge < -0.3 is 121 Å². The van der Waals surface area contributed by atoms with Crippen molar-refractivity contribution in [2.45, 2.75) is 189 Å². The number of amides is 13. The first-order valence-corrected chi connectivity index (χ1v) is 36.7. The van der Waals surface area contributed by atoms with Gasteiger partial charge in [0.05, 0.1) is 52.7 Å². The number of nitrogens with one attached hydrogen (secondary N) is 13. The minimum Gasteiger partial charge on any atom is -0.480 e. The quantitative estimate of drug-likeness (QED) is 0.0170. The molecule has 43 heteroatoms. The predicted molar refractivity (Wildman–Crippen MR) is 397 cm³/mol. The molecule has 12 atom stereocenters. The third-order valence-electron chi connectivity index (χ3n) is 18.4. The first-order chi connectivity index (χ1) is 53.8. The number of fused-ring (bicyclic) bond motifs is 1. The third kappa shape index (κ3) is 30.7. The number of nitrogens with zero attached hydrogens (tertiary/aromatic N) is 4. The number of hydrogen-bond acceptors (Lipinski definition) is 25. The number of aromatic nitrogens is 1. The van der Waals surface area contributed by atoms with Crippen LogP contribution in [-0.2, 0) is 87.9 Å². The molecule has 2 fully saturated rings. The number of ketones is 2. The van der Waals surface area contributed by atoms with Gasteiger partial charge in [-0.15, -0.1) is 0 Å². The number of carbonyl (C=O) groups excluding carboxylic acids is 15. The summed E-state index contributed by atoms with van der Waals surface area (Å²) < 4.78 is 0. The summed E-state index contributed by atoms with van der Waals surface area (Å²) in [6, 6.07) is -12.8. The molecule has 0 bridgehead atoms. The molecule has 2 saturated heterocycles. The molecule has 0 unspecified atom stereocenters. The van der Waals surface area contributed by atoms with Crippen LogP contribution >= 0.6 is 0 Å². The Labute approximate surface area is 647 Å². The number of aliphatic carboxylic acids is 2. The zero-order chi connectivity index (χ0) is 83.4. The van der Waals surface area contributed by atoms with Crippen LogP contribution in [0.5, 0.6) is 0 Å². The SMILES string of the molecule is CC(=O)N[C@H]1CCCCC(=O)CC[C@@H](C(=O)N2CCC[C@H]2C(=O)N[C@@H](CO)C(=O)N[C@@H](CO)C(=O)N[C@@H](CO)C(=O)N[C@@H](CCCCN(CC(=O)O)CC(=O)O)C(=O)N[C@@H](CO)C(=O)N[C@@H](CO)C(C)=O)NC(=O)[C@H](Cc2c[nH]c3ccccc23)NC(=O)[C@H](CCCN=C(N)N)NC(=O)CNC(=O)[C@H](CC2=CCC=N2)NC1=O. The van der Waals surface area contributed by atoms with E-state index in [1.807, 2.05) is 0 Å². The maximum atomic E-state index is 15.2. The van der Waals surface area contributed by atoms with Crippen molar-refractivity contribution in [3.63, 3.8) is 0 Å². The standard InChI is InChI=1S/C70H103N19O24/c1-37(95)50(32-90)83-65(109)52(34-92)84-62(106)46(17-7-8-24-88(30-57(99)100)31-58(101)102)79-64(108)51(33-91)85-66(110)53(35-93)86-67(111)54(36-94)87-68(112)55-19-11-25-89(55)69(113)47-21-20-41(97)13-3-5-16-44(77-38(2)96)60(104)82-49(27-40-12-9-22-73-40)59(103)76-29-56(98)78-45(18-10-23-74-70(71)72)61(105)81-48(63(107)80-47)26-39-28-75-43-15-6-4-14-42(39)43/h4,6,12,14-15,22,28,44-55,75,90-94H,3,5,7-11,13,16-21,23-27,29-36H2,1-2H3,(H,76,103)(H,77,96)(H,78,98)(H,79,108)(H,80,107)(H,81,105)(H,82,104)(H,83,109)(H,84,106)(H,85,110)(H,86,111)(H,87,112)(H,99,100)(H,101,102)(H4,71,72,74)/t44-,45-,46-,47-,48-,49-,50-,51-,52-,53-,54-,55-/m0/s1. The molecule has 4 heterocycles. The van der Waals surface area contributed by atoms with E-state index in [-0.39, 0.29) is 109 Å². The second kappa shape index (κ2) is 47.1. The topological polar surface area (TPSA) is 675 Å². The van der Waals surface area contributed by atoms with Crippen molar-refractivity contribution in [1.82, 2.24) is 78.6 Å². The highest BCUT2D eigenvalue weighted by Crippen LogP contribution is 2.23. The Kier molecular flexibility index (Phi) is 38.4. The smallest absolute Gasteiger partial charge is 0.317 e. The molecule has 3 aliphatic heterocycles. The number of aromatic amines is 1. The number of Topliss-reactive ketones (excluding diaryl/α,β-unsaturated/α-hetero) is 2. The molecular weight excluding hydrogens is 1490 g/mol. The van der Waals surface area contributed by atoms with E-state index in [1.54, 1.807) is 42.8 Å². The number of hydrogen-bond donors (Lipinski definition) is 22. The van der Waals surface area contributed by atoms with Crippen LogP contribution in [0.25, 0.3) is 10.9 Å². The lowest BCUT2D eigenvalue weighted by molar-refractivity contribution is -0.143. The molecule has 0 aliphatic carbocycles. The van der Waals surface area contributed by atoms with Crippen LogP contribution in [0.4, 0.5) is 0 Å². The summed E-state index contributed by atoms with van der Waals surface area (Å²) in [4.78, 5) is 244. The van der Waals surface area contributed by atoms with Crippen LogP contribution < -0.4 is 75.3 Å². The number of allylic oxidation sites excluding steroid dienone is 1. The van der Waals surface area contributed by atoms with Crippen LogP contribution in [0.2, 0.25) is 0 Å². The lowest BCUT2D eigenvalue weighted by Gasteiger charge is -2.31. The number of aliphatic imine (C=N–C) groups is 2. The van der Waals surface area contributed by atoms with Crippen molar-refractivity contribution in [2.24, 2.45) is 21.5 Å². The first-order valence-electron chi connectivity index (χ1n) is 36.7. The fourth-order valence-corrected chi connectivity index (χ4v) is 12.4. The molecule has 1 aromatic carbocycles. The number of likely N-dealkylation sites (tertiary alicyclic amines) is 1. The number of carbonyl (C=O) groups is 17. The van der Waals surface area contributed by atoms with Gasteiger partial charge in [-0.05, 0) is 89.3 Å². The highest BCUT2D eigenvalue weighted by atomic mass is 16.4. The van der Waals surface area contributed by atoms with Gasteiger partial charge in [-0.2, -0.15) is 0 Å². The summed E-state index contributed by atoms with van der Waals surface area (Å²) in [6.45, 7) is -5.94. The van der Waals surface area contributed by atoms with Crippen molar-refractivity contribution < 1.29 is 117 Å². The van der Waals surface area contributed by atoms with Gasteiger partial charge in [0, 0.05) is 81.1 Å². The summed E-state index contributed by atoms with van der Waals surface area (Å²) in [6.07, 6.45) is 3.67. The maximum Gasteiger partial charge on any atom is 0.317 e. The second-order valence-corrected chi connectivity index (χ2v) is 27.1. The average Bonchev–Trinajstić information content (AvgIpc) is 1.75. The number of para-hydroxylation sites is 1. The summed E-state index contributed by atoms with van der Waals surface area (Å²) >= 11 is 0. The molecular formula is C70H103N19O24. The number of carboxylic acids is 2. The molecule has 43 nitrogen and oxygen atoms in total. The Balaban J connectivity index is 1.40. The number of nitrogens with two attached hydrogens (primary N) is 2. The largest absolute Gasteiger partial charge is 0.480 e. The molecule has 0 spiro atoms. The molecule has 5 rings (SSSR count). The third-order valence-corrected chi connectivity index (χ3v) is 18.4. The number of benzene rings is 1. The van der Waals surface area contributed by atoms with Gasteiger partial charge in [-0.1, -0.05) is 30.7 Å². The van der Waals surface area contributed by atoms with Crippen LogP contribution in [0.15, 0.2) is 52.2 Å². The normalized spacial score (nSPS) is 20.5. The lowest BCUT2D eigenvalue weighted by Crippen LogP contribution is -2.62. The Hall–Kier alpha value is -11.4. The zero-order valence-corrected chi connectivity index (χ0v) is 62.6. The maximum absolute atomic E-state index is 15.2. The van der Waals surface area contributed by atoms with E-state index in [2.05, 4.69) is 78.8 Å². The van der Waals surface area contributed by atoms with Gasteiger partial charge in [0.2, 0.25) is 76.8 Å². The van der Waals surface area contributed by atoms with E-state index in [1.165, 1.54) is 6.92 Å². The highest BCUT2D eigenvalue weighted by molar-refractivity contribution is 6.01. The highest BCUT2D eigenvalue weighted by Gasteiger charge is 2.42. The summed E-state index contributed by atoms with van der Waals surface area (Å²) in [5, 5.41) is 98.8. The monoisotopic (exact) mass is 1590 g/mol. The van der Waals surface area contributed by atoms with Crippen molar-refractivity contribution in [1.29, 1.82) is 0 Å². The molecule has 0 saturated carbocycles. The Morgan fingerprint density at radius 3 is 1.76 bits per heavy atom. The van der Waals surface area contributed by atoms with Crippen LogP contribution in [-0.4, -0.2) is 308 Å². The fourth-order valence-electron chi connectivity index (χ4n) is 12.4. The van der Waals surface area contributed by atoms with E-state index in [9.17, 15) is 108 Å². The van der Waals surface area contributed by atoms with Crippen molar-refractivity contribution in [3.05, 3.63) is 47.8 Å². The predicted octanol–water partition coefficient (Wildman–Crippen LogP) is -8.91. The van der Waals surface area contributed by atoms with Gasteiger partial charge in [-0.3, -0.25) is 96.4 Å². The molecule has 2 aromatic rings. The van der Waals surface area contributed by atoms with Crippen molar-refractivity contribution >= 4 is 123 Å². The van der Waals surface area contributed by atoms with Gasteiger partial charge in [0.1, 0.15) is 78.3 Å². The number of aliphatic hydroxyl groups is 5. The van der Waals surface area contributed by atoms with Gasteiger partial charge >= 0.3 is 11.9 Å². The second-order valence-electron chi connectivity index (χ2n) is 27.1. The summed E-state index contributed by atoms with van der Waals surface area (Å²) in [5.74, 6) is -17.6. The zero-order valence-electron chi connectivity index (χ0n) is 62.6. The number of H-pyrrole nitrogens is 1. The molecule has 3 aliphatic rings. The Bertz CT molecular complexity index is 3810. The molecule has 1 aromatic heterocycles. The van der Waals surface area contributed by atoms with Crippen LogP contribution in [0, 0.1) is 0 Å². The van der Waals surface area contributed by atoms with E-state index in [0.717, 1.165) is 16.7 Å². The first kappa shape index (κ1) is 92.2. The number of guanidine groups is 1. The van der Waals surface area contributed by atoms with Crippen LogP contribution in [0.3, 0.4) is 0 Å². The lowest BCUT2D eigenvalue weighted by atomic mass is 10.00. The summed E-state index contributed by atoms with van der Waals surface area (Å²) in [5.41, 5.74) is 12.7. The van der Waals surface area contributed by atoms with E-state index in [4.69, 9.17) is 11.5 Å². The number of rotatable bonds is 37. The number of unbranched alkanes of at least 4 members (excludes halogenated alkanes) is 1. The molecule has 24 N–H and O–H groups in total. The number of carboxylic acid groups (broad SMARTS) is 2. The van der Waals surface area contributed by atoms with E-state index in [0.29, 0.717) is 28.6 Å². The van der Waals surface area contributed by atoms with Crippen LogP contribution in [0.1, 0.15) is 116 Å². The van der Waals surface area contributed by atoms with Gasteiger partial charge in [0.25, 0.3) is 0 Å². The van der Waals surface area contributed by atoms with Crippen molar-refractivity contribution in [3.8, 4) is 0 Å². The Morgan fingerprint density at radius 1 is 0.619 bits per heavy atom. The van der Waals surface area contributed by atoms with Gasteiger partial charge in [0.15, 0.2) is 11.7 Å². The molecule has 13 amide bonds. The minimum absolute atomic E-state index is 0.00713. The van der Waals surface area contributed by atoms with Crippen molar-refractivity contribution in [2.75, 3.05) is 72.3 Å². The van der Waals surface area contributed by atoms with Gasteiger partial charge in [-0.25, -0.2) is 0 Å². The molecule has 0 radical (unpaired) electrons. The van der Waals surface area contributed by atoms with E-state index < -0.39 is 238 Å². The summed E-state index contributed by atoms with van der Waals surface area (Å²) in [7, 11) is 0.